The molecule has 1 amide bonds. The minimum absolute atomic E-state index is 0.0860. The molecule has 3 aromatic rings. The summed E-state index contributed by atoms with van der Waals surface area (Å²) in [7, 11) is 0. The topological polar surface area (TPSA) is 77.3 Å². The molecule has 1 unspecified atom stereocenters. The quantitative estimate of drug-likeness (QED) is 0.631. The normalized spacial score (nSPS) is 16.5. The second-order valence-corrected chi connectivity index (χ2v) is 8.11. The largest absolute Gasteiger partial charge is 0.454 e. The number of carbonyl (C=O) groups excluding carboxylic acids is 2. The summed E-state index contributed by atoms with van der Waals surface area (Å²) in [6, 6.07) is 15.2. The molecular weight excluding hydrogens is 376 g/mol. The molecule has 0 radical (unpaired) electrons. The molecule has 1 atom stereocenters. The van der Waals surface area contributed by atoms with Gasteiger partial charge in [0.25, 0.3) is 5.91 Å². The monoisotopic (exact) mass is 396 g/mol. The summed E-state index contributed by atoms with van der Waals surface area (Å²) < 4.78 is 6.71. The highest BCUT2D eigenvalue weighted by atomic mass is 32.2. The van der Waals surface area contributed by atoms with Crippen molar-refractivity contribution in [1.82, 2.24) is 15.0 Å². The molecule has 4 rings (SSSR count). The van der Waals surface area contributed by atoms with Crippen molar-refractivity contribution in [3.63, 3.8) is 0 Å². The van der Waals surface area contributed by atoms with Gasteiger partial charge < -0.3 is 9.64 Å². The Morgan fingerprint density at radius 1 is 1.18 bits per heavy atom. The van der Waals surface area contributed by atoms with Gasteiger partial charge in [-0.15, -0.1) is 16.9 Å². The van der Waals surface area contributed by atoms with Gasteiger partial charge in [-0.1, -0.05) is 36.4 Å². The van der Waals surface area contributed by atoms with E-state index in [1.807, 2.05) is 48.5 Å². The van der Waals surface area contributed by atoms with E-state index in [9.17, 15) is 9.59 Å². The van der Waals surface area contributed by atoms with Crippen molar-refractivity contribution in [1.29, 1.82) is 0 Å². The van der Waals surface area contributed by atoms with Gasteiger partial charge in [-0.2, -0.15) is 0 Å². The Hall–Kier alpha value is -2.87. The molecular formula is C20H20N4O3S. The van der Waals surface area contributed by atoms with Gasteiger partial charge in [-0.25, -0.2) is 4.68 Å². The van der Waals surface area contributed by atoms with Crippen molar-refractivity contribution < 1.29 is 14.3 Å². The van der Waals surface area contributed by atoms with Crippen LogP contribution in [0.2, 0.25) is 0 Å². The number of ether oxygens (including phenoxy) is 1. The molecule has 0 saturated carbocycles. The Balaban J connectivity index is 1.41. The van der Waals surface area contributed by atoms with Crippen LogP contribution in [0.3, 0.4) is 0 Å². The zero-order chi connectivity index (χ0) is 19.5. The highest BCUT2D eigenvalue weighted by Crippen LogP contribution is 2.37. The molecule has 0 aliphatic carbocycles. The fourth-order valence-electron chi connectivity index (χ4n) is 3.17. The van der Waals surface area contributed by atoms with E-state index in [2.05, 4.69) is 17.2 Å². The summed E-state index contributed by atoms with van der Waals surface area (Å²) in [6.07, 6.45) is 0.879. The summed E-state index contributed by atoms with van der Waals surface area (Å²) in [6.45, 7) is 2.38. The Bertz CT molecular complexity index is 1020. The molecule has 7 nitrogen and oxygen atoms in total. The number of hydrogen-bond acceptors (Lipinski definition) is 6. The molecule has 1 aliphatic rings. The van der Waals surface area contributed by atoms with Crippen LogP contribution >= 0.6 is 11.8 Å². The van der Waals surface area contributed by atoms with Crippen LogP contribution < -0.4 is 4.90 Å². The molecule has 0 saturated heterocycles. The van der Waals surface area contributed by atoms with E-state index in [0.717, 1.165) is 22.5 Å². The van der Waals surface area contributed by atoms with Crippen molar-refractivity contribution in [2.45, 2.75) is 30.0 Å². The number of rotatable bonds is 4. The molecule has 1 aromatic heterocycles. The molecule has 0 N–H and O–H groups in total. The standard InChI is InChI=1S/C20H20N4O3S/c1-14-10-11-23(17-8-4-5-9-18(17)28-14)19(25)13-27-20(26)12-24-16-7-3-2-6-15(16)21-22-24/h2-9,14H,10-13H2,1H3. The summed E-state index contributed by atoms with van der Waals surface area (Å²) in [5, 5.41) is 8.40. The van der Waals surface area contributed by atoms with Crippen LogP contribution in [0.5, 0.6) is 0 Å². The van der Waals surface area contributed by atoms with Gasteiger partial charge in [-0.3, -0.25) is 9.59 Å². The van der Waals surface area contributed by atoms with Crippen molar-refractivity contribution in [2.75, 3.05) is 18.1 Å². The minimum atomic E-state index is -0.519. The lowest BCUT2D eigenvalue weighted by atomic mass is 10.2. The van der Waals surface area contributed by atoms with Crippen LogP contribution in [0, 0.1) is 0 Å². The number of benzene rings is 2. The maximum atomic E-state index is 12.7. The van der Waals surface area contributed by atoms with E-state index < -0.39 is 5.97 Å². The van der Waals surface area contributed by atoms with Crippen LogP contribution in [0.4, 0.5) is 5.69 Å². The maximum Gasteiger partial charge on any atom is 0.328 e. The summed E-state index contributed by atoms with van der Waals surface area (Å²) in [4.78, 5) is 27.7. The zero-order valence-corrected chi connectivity index (χ0v) is 16.3. The zero-order valence-electron chi connectivity index (χ0n) is 15.4. The fraction of sp³-hybridized carbons (Fsp3) is 0.300. The first kappa shape index (κ1) is 18.5. The fourth-order valence-corrected chi connectivity index (χ4v) is 4.28. The van der Waals surface area contributed by atoms with E-state index in [0.29, 0.717) is 17.3 Å². The van der Waals surface area contributed by atoms with Gasteiger partial charge in [-0.05, 0) is 30.7 Å². The molecule has 2 aromatic carbocycles. The first-order valence-electron chi connectivity index (χ1n) is 9.12. The lowest BCUT2D eigenvalue weighted by Crippen LogP contribution is -2.36. The molecule has 28 heavy (non-hydrogen) atoms. The predicted molar refractivity (Wildman–Crippen MR) is 107 cm³/mol. The molecule has 144 valence electrons. The highest BCUT2D eigenvalue weighted by Gasteiger charge is 2.25. The van der Waals surface area contributed by atoms with E-state index >= 15 is 0 Å². The molecule has 8 heteroatoms. The van der Waals surface area contributed by atoms with Crippen molar-refractivity contribution in [2.24, 2.45) is 0 Å². The Morgan fingerprint density at radius 2 is 1.96 bits per heavy atom. The van der Waals surface area contributed by atoms with Crippen molar-refractivity contribution in [3.05, 3.63) is 48.5 Å². The van der Waals surface area contributed by atoms with Gasteiger partial charge in [0.15, 0.2) is 6.61 Å². The average molecular weight is 396 g/mol. The highest BCUT2D eigenvalue weighted by molar-refractivity contribution is 8.00. The molecule has 0 bridgehead atoms. The van der Waals surface area contributed by atoms with Gasteiger partial charge >= 0.3 is 5.97 Å². The van der Waals surface area contributed by atoms with Gasteiger partial charge in [0, 0.05) is 16.7 Å². The lowest BCUT2D eigenvalue weighted by molar-refractivity contribution is -0.148. The number of hydrogen-bond donors (Lipinski definition) is 0. The molecule has 0 fully saturated rings. The SMILES string of the molecule is CC1CCN(C(=O)COC(=O)Cn2nnc3ccccc32)c2ccccc2S1. The second kappa shape index (κ2) is 8.02. The van der Waals surface area contributed by atoms with Crippen LogP contribution in [0.1, 0.15) is 13.3 Å². The van der Waals surface area contributed by atoms with Gasteiger partial charge in [0.1, 0.15) is 12.1 Å². The number of anilines is 1. The van der Waals surface area contributed by atoms with E-state index in [1.54, 1.807) is 16.7 Å². The van der Waals surface area contributed by atoms with Crippen LogP contribution in [-0.2, 0) is 20.9 Å². The number of aromatic nitrogens is 3. The van der Waals surface area contributed by atoms with E-state index in [1.165, 1.54) is 4.68 Å². The van der Waals surface area contributed by atoms with Gasteiger partial charge in [0.2, 0.25) is 0 Å². The van der Waals surface area contributed by atoms with E-state index in [4.69, 9.17) is 4.74 Å². The van der Waals surface area contributed by atoms with Crippen LogP contribution in [-0.4, -0.2) is 45.3 Å². The Morgan fingerprint density at radius 3 is 2.86 bits per heavy atom. The first-order chi connectivity index (χ1) is 13.6. The number of esters is 1. The number of fused-ring (bicyclic) bond motifs is 2. The third-order valence-electron chi connectivity index (χ3n) is 4.60. The average Bonchev–Trinajstić information content (AvgIpc) is 3.01. The second-order valence-electron chi connectivity index (χ2n) is 6.63. The van der Waals surface area contributed by atoms with Crippen LogP contribution in [0.15, 0.2) is 53.4 Å². The predicted octanol–water partition coefficient (Wildman–Crippen LogP) is 2.89. The van der Waals surface area contributed by atoms with Crippen molar-refractivity contribution >= 4 is 40.4 Å². The number of nitrogens with zero attached hydrogens (tertiary/aromatic N) is 4. The minimum Gasteiger partial charge on any atom is -0.454 e. The van der Waals surface area contributed by atoms with Gasteiger partial charge in [0.05, 0.1) is 11.2 Å². The first-order valence-corrected chi connectivity index (χ1v) is 9.99. The number of thioether (sulfide) groups is 1. The Labute approximate surface area is 166 Å². The summed E-state index contributed by atoms with van der Waals surface area (Å²) in [5.41, 5.74) is 2.33. The van der Waals surface area contributed by atoms with E-state index in [-0.39, 0.29) is 19.1 Å². The number of para-hydroxylation sites is 2. The molecule has 0 spiro atoms. The number of amides is 1. The maximum absolute atomic E-state index is 12.7. The third kappa shape index (κ3) is 3.87. The summed E-state index contributed by atoms with van der Waals surface area (Å²) in [5.74, 6) is -0.742. The third-order valence-corrected chi connectivity index (χ3v) is 5.84. The smallest absolute Gasteiger partial charge is 0.328 e. The molecule has 2 heterocycles. The lowest BCUT2D eigenvalue weighted by Gasteiger charge is -2.22. The molecule has 1 aliphatic heterocycles. The van der Waals surface area contributed by atoms with Crippen molar-refractivity contribution in [3.8, 4) is 0 Å². The number of carbonyl (C=O) groups is 2. The Kier molecular flexibility index (Phi) is 5.29. The van der Waals surface area contributed by atoms with Crippen LogP contribution in [0.25, 0.3) is 11.0 Å². The summed E-state index contributed by atoms with van der Waals surface area (Å²) >= 11 is 1.76.